The van der Waals surface area contributed by atoms with Crippen molar-refractivity contribution in [3.05, 3.63) is 35.1 Å². The van der Waals surface area contributed by atoms with E-state index in [2.05, 4.69) is 22.1 Å². The lowest BCUT2D eigenvalue weighted by atomic mass is 9.99. The van der Waals surface area contributed by atoms with Crippen molar-refractivity contribution in [2.45, 2.75) is 33.2 Å². The topological polar surface area (TPSA) is 27.6 Å². The number of aryl methyl sites for hydroxylation is 1. The smallest absolute Gasteiger partial charge is 0.193 e. The van der Waals surface area contributed by atoms with Crippen LogP contribution in [0.2, 0.25) is 0 Å². The Morgan fingerprint density at radius 2 is 2.10 bits per heavy atom. The summed E-state index contributed by atoms with van der Waals surface area (Å²) in [5.41, 5.74) is 1.77. The Hall–Kier alpha value is -1.58. The molecule has 0 aromatic heterocycles. The van der Waals surface area contributed by atoms with Crippen LogP contribution in [0.15, 0.2) is 23.2 Å². The van der Waals surface area contributed by atoms with Gasteiger partial charge in [0.15, 0.2) is 5.96 Å². The number of hydrogen-bond acceptors (Lipinski definition) is 1. The van der Waals surface area contributed by atoms with Gasteiger partial charge in [0.2, 0.25) is 0 Å². The third-order valence-electron chi connectivity index (χ3n) is 3.97. The Morgan fingerprint density at radius 1 is 1.40 bits per heavy atom. The summed E-state index contributed by atoms with van der Waals surface area (Å²) >= 11 is 0. The van der Waals surface area contributed by atoms with E-state index in [9.17, 15) is 4.39 Å². The van der Waals surface area contributed by atoms with Crippen LogP contribution in [0.4, 0.5) is 4.39 Å². The van der Waals surface area contributed by atoms with E-state index in [4.69, 9.17) is 0 Å². The van der Waals surface area contributed by atoms with Crippen LogP contribution in [0.25, 0.3) is 0 Å². The molecule has 2 rings (SSSR count). The van der Waals surface area contributed by atoms with Gasteiger partial charge in [0.05, 0.1) is 0 Å². The van der Waals surface area contributed by atoms with Gasteiger partial charge in [-0.25, -0.2) is 4.39 Å². The van der Waals surface area contributed by atoms with Gasteiger partial charge in [-0.15, -0.1) is 0 Å². The zero-order valence-electron chi connectivity index (χ0n) is 12.6. The van der Waals surface area contributed by atoms with E-state index >= 15 is 0 Å². The normalized spacial score (nSPS) is 17.4. The van der Waals surface area contributed by atoms with E-state index in [0.717, 1.165) is 30.5 Å². The van der Waals surface area contributed by atoms with Crippen LogP contribution in [0.3, 0.4) is 0 Å². The Balaban J connectivity index is 1.92. The summed E-state index contributed by atoms with van der Waals surface area (Å²) in [6.45, 7) is 6.89. The summed E-state index contributed by atoms with van der Waals surface area (Å²) in [4.78, 5) is 6.65. The van der Waals surface area contributed by atoms with Crippen LogP contribution in [-0.2, 0) is 6.54 Å². The summed E-state index contributed by atoms with van der Waals surface area (Å²) in [6.07, 6.45) is 2.44. The first kappa shape index (κ1) is 14.8. The van der Waals surface area contributed by atoms with Crippen molar-refractivity contribution in [1.82, 2.24) is 10.2 Å². The fourth-order valence-electron chi connectivity index (χ4n) is 2.55. The molecule has 4 heteroatoms. The Morgan fingerprint density at radius 3 is 2.70 bits per heavy atom. The number of nitrogens with one attached hydrogen (secondary N) is 1. The number of hydrogen-bond donors (Lipinski definition) is 1. The van der Waals surface area contributed by atoms with Gasteiger partial charge in [-0.1, -0.05) is 19.1 Å². The average molecular weight is 277 g/mol. The first-order chi connectivity index (χ1) is 9.60. The summed E-state index contributed by atoms with van der Waals surface area (Å²) in [5.74, 6) is 1.60. The molecule has 3 nitrogen and oxygen atoms in total. The van der Waals surface area contributed by atoms with E-state index < -0.39 is 0 Å². The summed E-state index contributed by atoms with van der Waals surface area (Å²) in [6, 6.07) is 5.23. The van der Waals surface area contributed by atoms with Crippen LogP contribution in [0.5, 0.6) is 0 Å². The third kappa shape index (κ3) is 3.71. The quantitative estimate of drug-likeness (QED) is 0.665. The third-order valence-corrected chi connectivity index (χ3v) is 3.97. The minimum Gasteiger partial charge on any atom is -0.352 e. The molecule has 110 valence electrons. The minimum atomic E-state index is -0.150. The molecule has 1 saturated heterocycles. The zero-order chi connectivity index (χ0) is 14.5. The number of piperidine rings is 1. The van der Waals surface area contributed by atoms with E-state index in [1.54, 1.807) is 6.92 Å². The molecule has 1 aromatic rings. The van der Waals surface area contributed by atoms with Gasteiger partial charge in [0, 0.05) is 26.7 Å². The molecule has 0 bridgehead atoms. The van der Waals surface area contributed by atoms with E-state index in [-0.39, 0.29) is 5.82 Å². The lowest BCUT2D eigenvalue weighted by Gasteiger charge is -2.32. The fraction of sp³-hybridized carbons (Fsp3) is 0.562. The van der Waals surface area contributed by atoms with Gasteiger partial charge in [0.25, 0.3) is 0 Å². The van der Waals surface area contributed by atoms with Gasteiger partial charge >= 0.3 is 0 Å². The predicted octanol–water partition coefficient (Wildman–Crippen LogP) is 2.94. The van der Waals surface area contributed by atoms with Crippen molar-refractivity contribution in [3.63, 3.8) is 0 Å². The van der Waals surface area contributed by atoms with Crippen LogP contribution in [-0.4, -0.2) is 31.0 Å². The number of likely N-dealkylation sites (tertiary alicyclic amines) is 1. The molecular formula is C16H24FN3. The second-order valence-corrected chi connectivity index (χ2v) is 5.65. The maximum absolute atomic E-state index is 13.2. The number of aliphatic imine (C=N–C) groups is 1. The van der Waals surface area contributed by atoms with E-state index in [1.165, 1.54) is 18.9 Å². The van der Waals surface area contributed by atoms with Crippen molar-refractivity contribution < 1.29 is 4.39 Å². The molecule has 0 atom stereocenters. The highest BCUT2D eigenvalue weighted by Crippen LogP contribution is 2.16. The first-order valence-electron chi connectivity index (χ1n) is 7.30. The van der Waals surface area contributed by atoms with Crippen LogP contribution < -0.4 is 5.32 Å². The molecule has 20 heavy (non-hydrogen) atoms. The van der Waals surface area contributed by atoms with Gasteiger partial charge in [-0.05, 0) is 42.9 Å². The first-order valence-corrected chi connectivity index (χ1v) is 7.30. The van der Waals surface area contributed by atoms with Gasteiger partial charge in [0.1, 0.15) is 5.82 Å². The molecule has 1 fully saturated rings. The molecule has 1 aromatic carbocycles. The SMILES string of the molecule is CN=C(NCc1ccc(F)c(C)c1)N1CCC(C)CC1. The van der Waals surface area contributed by atoms with E-state index in [0.29, 0.717) is 12.1 Å². The molecule has 0 radical (unpaired) electrons. The minimum absolute atomic E-state index is 0.150. The molecule has 0 amide bonds. The molecular weight excluding hydrogens is 253 g/mol. The van der Waals surface area contributed by atoms with Gasteiger partial charge < -0.3 is 10.2 Å². The summed E-state index contributed by atoms with van der Waals surface area (Å²) in [7, 11) is 1.82. The monoisotopic (exact) mass is 277 g/mol. The van der Waals surface area contributed by atoms with Crippen LogP contribution in [0.1, 0.15) is 30.9 Å². The molecule has 1 heterocycles. The lowest BCUT2D eigenvalue weighted by molar-refractivity contribution is 0.273. The van der Waals surface area contributed by atoms with Crippen molar-refractivity contribution in [1.29, 1.82) is 0 Å². The molecule has 1 aliphatic rings. The molecule has 0 spiro atoms. The number of benzene rings is 1. The van der Waals surface area contributed by atoms with Crippen LogP contribution in [0, 0.1) is 18.7 Å². The molecule has 0 aliphatic carbocycles. The number of rotatable bonds is 2. The molecule has 1 aliphatic heterocycles. The Labute approximate surface area is 120 Å². The van der Waals surface area contributed by atoms with Gasteiger partial charge in [-0.2, -0.15) is 0 Å². The largest absolute Gasteiger partial charge is 0.352 e. The fourth-order valence-corrected chi connectivity index (χ4v) is 2.55. The number of nitrogens with zero attached hydrogens (tertiary/aromatic N) is 2. The maximum Gasteiger partial charge on any atom is 0.193 e. The highest BCUT2D eigenvalue weighted by atomic mass is 19.1. The van der Waals surface area contributed by atoms with Crippen LogP contribution >= 0.6 is 0 Å². The average Bonchev–Trinajstić information content (AvgIpc) is 2.45. The maximum atomic E-state index is 13.2. The highest BCUT2D eigenvalue weighted by Gasteiger charge is 2.18. The Bertz CT molecular complexity index is 477. The molecule has 0 saturated carbocycles. The standard InChI is InChI=1S/C16H24FN3/c1-12-6-8-20(9-7-12)16(18-3)19-11-14-4-5-15(17)13(2)10-14/h4-5,10,12H,6-9,11H2,1-3H3,(H,18,19). The zero-order valence-corrected chi connectivity index (χ0v) is 12.6. The molecule has 0 unspecified atom stereocenters. The highest BCUT2D eigenvalue weighted by molar-refractivity contribution is 5.79. The second kappa shape index (κ2) is 6.73. The van der Waals surface area contributed by atoms with E-state index in [1.807, 2.05) is 19.2 Å². The summed E-state index contributed by atoms with van der Waals surface area (Å²) in [5, 5.41) is 3.37. The summed E-state index contributed by atoms with van der Waals surface area (Å²) < 4.78 is 13.2. The lowest BCUT2D eigenvalue weighted by Crippen LogP contribution is -2.45. The van der Waals surface area contributed by atoms with Crippen molar-refractivity contribution in [2.75, 3.05) is 20.1 Å². The van der Waals surface area contributed by atoms with Gasteiger partial charge in [-0.3, -0.25) is 4.99 Å². The number of guanidine groups is 1. The number of halogens is 1. The second-order valence-electron chi connectivity index (χ2n) is 5.65. The molecule has 1 N–H and O–H groups in total. The van der Waals surface area contributed by atoms with Crippen molar-refractivity contribution in [3.8, 4) is 0 Å². The Kier molecular flexibility index (Phi) is 4.99. The van der Waals surface area contributed by atoms with Crippen molar-refractivity contribution >= 4 is 5.96 Å². The predicted molar refractivity (Wildman–Crippen MR) is 81.3 cm³/mol. The van der Waals surface area contributed by atoms with Crippen molar-refractivity contribution in [2.24, 2.45) is 10.9 Å².